The molecule has 286 valence electrons. The van der Waals surface area contributed by atoms with Crippen LogP contribution in [0.4, 0.5) is 0 Å². The maximum absolute atomic E-state index is 5.47. The van der Waals surface area contributed by atoms with Crippen LogP contribution in [-0.4, -0.2) is 31.7 Å². The predicted molar refractivity (Wildman–Crippen MR) is 243 cm³/mol. The first-order valence-electron chi connectivity index (χ1n) is 19.9. The van der Waals surface area contributed by atoms with Gasteiger partial charge in [-0.05, 0) is 127 Å². The van der Waals surface area contributed by atoms with E-state index in [0.29, 0.717) is 0 Å². The van der Waals surface area contributed by atoms with Crippen molar-refractivity contribution in [3.05, 3.63) is 219 Å². The Kier molecular flexibility index (Phi) is 9.70. The average Bonchev–Trinajstić information content (AvgIpc) is 4.09. The summed E-state index contributed by atoms with van der Waals surface area (Å²) in [6, 6.07) is 66.7. The number of pyridine rings is 1. The van der Waals surface area contributed by atoms with E-state index in [4.69, 9.17) is 4.74 Å². The van der Waals surface area contributed by atoms with Crippen molar-refractivity contribution in [3.8, 4) is 95.1 Å². The van der Waals surface area contributed by atoms with E-state index in [-0.39, 0.29) is 0 Å². The molecule has 0 saturated heterocycles. The molecule has 0 aliphatic heterocycles. The standard InChI is InChI=1S/C54H39N5O/c1-60-47-28-31-55-54(37-47)41-18-16-38(17-19-41)48-10-2-5-13-51(48)42-34-43(52-14-6-3-11-49(52)39-20-24-45(25-21-39)58-32-8-29-56-58)36-44(35-42)53-15-7-4-12-50(53)40-22-26-46(27-23-40)59-33-9-30-57-59/h2-37H,1H3. The summed E-state index contributed by atoms with van der Waals surface area (Å²) in [5.74, 6) is 0.783. The molecule has 0 unspecified atom stereocenters. The van der Waals surface area contributed by atoms with Crippen molar-refractivity contribution in [2.24, 2.45) is 0 Å². The molecule has 0 spiro atoms. The second-order valence-corrected chi connectivity index (χ2v) is 14.6. The molecule has 0 aliphatic rings. The molecule has 7 aromatic carbocycles. The molecule has 3 heterocycles. The highest BCUT2D eigenvalue weighted by atomic mass is 16.5. The fourth-order valence-corrected chi connectivity index (χ4v) is 8.00. The molecule has 6 heteroatoms. The van der Waals surface area contributed by atoms with Crippen LogP contribution in [0.1, 0.15) is 0 Å². The van der Waals surface area contributed by atoms with Crippen molar-refractivity contribution in [2.45, 2.75) is 0 Å². The van der Waals surface area contributed by atoms with Crippen LogP contribution in [0.15, 0.2) is 219 Å². The quantitative estimate of drug-likeness (QED) is 0.139. The molecule has 0 aliphatic carbocycles. The lowest BCUT2D eigenvalue weighted by molar-refractivity contribution is 0.414. The Bertz CT molecular complexity index is 2900. The van der Waals surface area contributed by atoms with Gasteiger partial charge in [0.25, 0.3) is 0 Å². The predicted octanol–water partition coefficient (Wildman–Crippen LogP) is 13.1. The molecule has 0 fully saturated rings. The zero-order valence-corrected chi connectivity index (χ0v) is 32.9. The van der Waals surface area contributed by atoms with Crippen LogP contribution in [-0.2, 0) is 0 Å². The highest BCUT2D eigenvalue weighted by Gasteiger charge is 2.17. The summed E-state index contributed by atoms with van der Waals surface area (Å²) in [7, 11) is 1.68. The second-order valence-electron chi connectivity index (χ2n) is 14.6. The minimum Gasteiger partial charge on any atom is -0.497 e. The van der Waals surface area contributed by atoms with Crippen molar-refractivity contribution in [1.82, 2.24) is 24.5 Å². The fourth-order valence-electron chi connectivity index (χ4n) is 8.00. The molecule has 10 rings (SSSR count). The van der Waals surface area contributed by atoms with Gasteiger partial charge in [-0.15, -0.1) is 0 Å². The van der Waals surface area contributed by atoms with E-state index in [1.165, 1.54) is 0 Å². The zero-order chi connectivity index (χ0) is 40.3. The first-order chi connectivity index (χ1) is 29.7. The lowest BCUT2D eigenvalue weighted by atomic mass is 9.86. The highest BCUT2D eigenvalue weighted by Crippen LogP contribution is 2.42. The Morgan fingerprint density at radius 3 is 1.08 bits per heavy atom. The van der Waals surface area contributed by atoms with Gasteiger partial charge in [0.1, 0.15) is 5.75 Å². The number of ether oxygens (including phenoxy) is 1. The number of hydrogen-bond donors (Lipinski definition) is 0. The minimum atomic E-state index is 0.783. The number of nitrogens with zero attached hydrogens (tertiary/aromatic N) is 5. The molecule has 0 amide bonds. The van der Waals surface area contributed by atoms with E-state index in [1.807, 2.05) is 46.0 Å². The number of hydrogen-bond acceptors (Lipinski definition) is 4. The molecule has 0 bridgehead atoms. The summed E-state index contributed by atoms with van der Waals surface area (Å²) in [5, 5.41) is 8.87. The van der Waals surface area contributed by atoms with Crippen molar-refractivity contribution in [1.29, 1.82) is 0 Å². The van der Waals surface area contributed by atoms with Crippen LogP contribution in [0, 0.1) is 0 Å². The Hall–Kier alpha value is -8.09. The minimum absolute atomic E-state index is 0.783. The van der Waals surface area contributed by atoms with Crippen LogP contribution in [0.3, 0.4) is 0 Å². The van der Waals surface area contributed by atoms with Crippen molar-refractivity contribution < 1.29 is 4.74 Å². The number of aromatic nitrogens is 5. The van der Waals surface area contributed by atoms with Crippen molar-refractivity contribution in [3.63, 3.8) is 0 Å². The first kappa shape index (κ1) is 36.3. The molecule has 6 nitrogen and oxygen atoms in total. The topological polar surface area (TPSA) is 57.8 Å². The molecule has 60 heavy (non-hydrogen) atoms. The number of rotatable bonds is 10. The van der Waals surface area contributed by atoms with Gasteiger partial charge in [-0.2, -0.15) is 10.2 Å². The van der Waals surface area contributed by atoms with Crippen LogP contribution in [0.25, 0.3) is 89.4 Å². The van der Waals surface area contributed by atoms with E-state index in [9.17, 15) is 0 Å². The van der Waals surface area contributed by atoms with Crippen LogP contribution >= 0.6 is 0 Å². The highest BCUT2D eigenvalue weighted by molar-refractivity contribution is 5.94. The largest absolute Gasteiger partial charge is 0.497 e. The normalized spacial score (nSPS) is 11.1. The third kappa shape index (κ3) is 7.18. The van der Waals surface area contributed by atoms with Crippen LogP contribution in [0.2, 0.25) is 0 Å². The molecule has 0 saturated carbocycles. The smallest absolute Gasteiger partial charge is 0.122 e. The summed E-state index contributed by atoms with van der Waals surface area (Å²) in [6.07, 6.45) is 9.31. The zero-order valence-electron chi connectivity index (χ0n) is 32.9. The van der Waals surface area contributed by atoms with Crippen LogP contribution < -0.4 is 4.74 Å². The summed E-state index contributed by atoms with van der Waals surface area (Å²) < 4.78 is 9.24. The Morgan fingerprint density at radius 2 is 0.717 bits per heavy atom. The summed E-state index contributed by atoms with van der Waals surface area (Å²) in [5.41, 5.74) is 17.6. The van der Waals surface area contributed by atoms with E-state index in [2.05, 4.69) is 179 Å². The molecular formula is C54H39N5O. The summed E-state index contributed by atoms with van der Waals surface area (Å²) in [4.78, 5) is 4.60. The molecule has 3 aromatic heterocycles. The van der Waals surface area contributed by atoms with Gasteiger partial charge in [0, 0.05) is 42.6 Å². The van der Waals surface area contributed by atoms with Gasteiger partial charge in [-0.3, -0.25) is 4.98 Å². The third-order valence-electron chi connectivity index (χ3n) is 11.0. The van der Waals surface area contributed by atoms with Gasteiger partial charge in [-0.1, -0.05) is 121 Å². The Balaban J connectivity index is 1.11. The van der Waals surface area contributed by atoms with Gasteiger partial charge in [0.05, 0.1) is 24.2 Å². The molecule has 0 atom stereocenters. The van der Waals surface area contributed by atoms with E-state index >= 15 is 0 Å². The number of methoxy groups -OCH3 is 1. The SMILES string of the molecule is COc1ccnc(-c2ccc(-c3ccccc3-c3cc(-c4ccccc4-c4ccc(-n5cccn5)cc4)cc(-c4ccccc4-c4ccc(-n5cccn5)cc4)c3)cc2)c1. The first-order valence-corrected chi connectivity index (χ1v) is 19.9. The molecule has 0 radical (unpaired) electrons. The Morgan fingerprint density at radius 1 is 0.350 bits per heavy atom. The maximum Gasteiger partial charge on any atom is 0.122 e. The van der Waals surface area contributed by atoms with Gasteiger partial charge in [-0.25, -0.2) is 9.36 Å². The summed E-state index contributed by atoms with van der Waals surface area (Å²) in [6.45, 7) is 0. The van der Waals surface area contributed by atoms with Crippen molar-refractivity contribution in [2.75, 3.05) is 7.11 Å². The van der Waals surface area contributed by atoms with E-state index in [1.54, 1.807) is 25.7 Å². The second kappa shape index (κ2) is 16.0. The number of benzene rings is 7. The van der Waals surface area contributed by atoms with Gasteiger partial charge in [0.15, 0.2) is 0 Å². The monoisotopic (exact) mass is 773 g/mol. The van der Waals surface area contributed by atoms with Gasteiger partial charge in [0.2, 0.25) is 0 Å². The van der Waals surface area contributed by atoms with Gasteiger partial charge < -0.3 is 4.74 Å². The van der Waals surface area contributed by atoms with Crippen LogP contribution in [0.5, 0.6) is 5.75 Å². The lowest BCUT2D eigenvalue weighted by Gasteiger charge is -2.18. The van der Waals surface area contributed by atoms with E-state index in [0.717, 1.165) is 95.1 Å². The lowest BCUT2D eigenvalue weighted by Crippen LogP contribution is -1.95. The summed E-state index contributed by atoms with van der Waals surface area (Å²) >= 11 is 0. The average molecular weight is 774 g/mol. The van der Waals surface area contributed by atoms with Crippen molar-refractivity contribution >= 4 is 0 Å². The maximum atomic E-state index is 5.47. The third-order valence-corrected chi connectivity index (χ3v) is 11.0. The van der Waals surface area contributed by atoms with E-state index < -0.39 is 0 Å². The van der Waals surface area contributed by atoms with Gasteiger partial charge >= 0.3 is 0 Å². The molecule has 0 N–H and O–H groups in total. The fraction of sp³-hybridized carbons (Fsp3) is 0.0185. The molecule has 10 aromatic rings. The molecular weight excluding hydrogens is 735 g/mol. The Labute approximate surface area is 349 Å².